The van der Waals surface area contributed by atoms with Crippen LogP contribution in [-0.4, -0.2) is 8.42 Å². The first-order valence-electron chi connectivity index (χ1n) is 3.20. The molecule has 1 aromatic rings. The van der Waals surface area contributed by atoms with Crippen molar-refractivity contribution < 1.29 is 18.9 Å². The van der Waals surface area contributed by atoms with Gasteiger partial charge in [-0.3, -0.25) is 0 Å². The van der Waals surface area contributed by atoms with Gasteiger partial charge in [0, 0.05) is 0 Å². The monoisotopic (exact) mass is 333 g/mol. The highest BCUT2D eigenvalue weighted by molar-refractivity contribution is 14.2. The standard InChI is InChI=1S/C6H5FINO4S/c7-4-1-2-5(8(10)11)6(3-4)14(9,12)13/h1-3H,(H2,9,12,13). The first kappa shape index (κ1) is 11.5. The van der Waals surface area contributed by atoms with Crippen LogP contribution in [0.3, 0.4) is 0 Å². The zero-order valence-electron chi connectivity index (χ0n) is 6.61. The highest BCUT2D eigenvalue weighted by Gasteiger charge is 2.17. The Morgan fingerprint density at radius 3 is 2.29 bits per heavy atom. The Hall–Kier alpha value is -0.610. The fraction of sp³-hybridized carbons (Fsp3) is 0. The predicted molar refractivity (Wildman–Crippen MR) is 51.9 cm³/mol. The Morgan fingerprint density at radius 2 is 1.86 bits per heavy atom. The second-order valence-electron chi connectivity index (χ2n) is 2.34. The molecule has 2 N–H and O–H groups in total. The third-order valence-electron chi connectivity index (χ3n) is 1.37. The summed E-state index contributed by atoms with van der Waals surface area (Å²) >= 11 is -3.98. The minimum Gasteiger partial charge on any atom is -0.230 e. The number of sulfonamides is 1. The summed E-state index contributed by atoms with van der Waals surface area (Å²) < 4.78 is 55.3. The van der Waals surface area contributed by atoms with E-state index in [1.54, 1.807) is 0 Å². The molecule has 0 aliphatic heterocycles. The van der Waals surface area contributed by atoms with E-state index >= 15 is 0 Å². The van der Waals surface area contributed by atoms with Gasteiger partial charge in [-0.05, 0) is 18.2 Å². The molecule has 0 aliphatic carbocycles. The average Bonchev–Trinajstić information content (AvgIpc) is 2.01. The first-order valence-corrected chi connectivity index (χ1v) is 7.58. The summed E-state index contributed by atoms with van der Waals surface area (Å²) in [6.07, 6.45) is 0. The Labute approximate surface area is 86.3 Å². The predicted octanol–water partition coefficient (Wildman–Crippen LogP) is 0.840. The van der Waals surface area contributed by atoms with E-state index in [2.05, 4.69) is 0 Å². The molecule has 0 spiro atoms. The van der Waals surface area contributed by atoms with Crippen molar-refractivity contribution in [2.45, 2.75) is 4.90 Å². The maximum atomic E-state index is 12.6. The lowest BCUT2D eigenvalue weighted by Crippen LogP contribution is -2.14. The van der Waals surface area contributed by atoms with Crippen LogP contribution in [0.15, 0.2) is 23.1 Å². The van der Waals surface area contributed by atoms with Crippen LogP contribution < -0.4 is 5.14 Å². The van der Waals surface area contributed by atoms with Crippen molar-refractivity contribution >= 4 is 29.8 Å². The zero-order chi connectivity index (χ0) is 10.9. The molecule has 14 heavy (non-hydrogen) atoms. The van der Waals surface area contributed by atoms with Gasteiger partial charge < -0.3 is 0 Å². The van der Waals surface area contributed by atoms with E-state index in [1.807, 2.05) is 0 Å². The highest BCUT2D eigenvalue weighted by Crippen LogP contribution is 2.25. The van der Waals surface area contributed by atoms with Gasteiger partial charge in [-0.2, -0.15) is 0 Å². The van der Waals surface area contributed by atoms with Crippen LogP contribution in [0.25, 0.3) is 0 Å². The van der Waals surface area contributed by atoms with E-state index in [-0.39, 0.29) is 0 Å². The molecule has 0 radical (unpaired) electrons. The third-order valence-corrected chi connectivity index (χ3v) is 4.57. The molecule has 0 saturated heterocycles. The number of halogens is 2. The molecule has 0 atom stereocenters. The lowest BCUT2D eigenvalue weighted by molar-refractivity contribution is 0.590. The van der Waals surface area contributed by atoms with Crippen molar-refractivity contribution in [1.29, 1.82) is 0 Å². The summed E-state index contributed by atoms with van der Waals surface area (Å²) in [6, 6.07) is 2.34. The van der Waals surface area contributed by atoms with Gasteiger partial charge in [-0.15, -0.1) is 0 Å². The molecule has 0 bridgehead atoms. The van der Waals surface area contributed by atoms with Crippen molar-refractivity contribution in [1.82, 2.24) is 0 Å². The smallest absolute Gasteiger partial charge is 0.230 e. The summed E-state index contributed by atoms with van der Waals surface area (Å²) in [6.45, 7) is 0. The topological polar surface area (TPSA) is 94.3 Å². The van der Waals surface area contributed by atoms with Crippen molar-refractivity contribution in [3.63, 3.8) is 0 Å². The summed E-state index contributed by atoms with van der Waals surface area (Å²) in [5, 5.41) is 4.72. The van der Waals surface area contributed by atoms with E-state index in [0.717, 1.165) is 12.1 Å². The number of hydrogen-bond acceptors (Lipinski definition) is 4. The largest absolute Gasteiger partial charge is 0.342 e. The first-order chi connectivity index (χ1) is 6.32. The number of hydrogen-bond donors (Lipinski definition) is 1. The van der Waals surface area contributed by atoms with Gasteiger partial charge in [-0.25, -0.2) is 24.1 Å². The number of nitrogens with two attached hydrogens (primary N) is 1. The van der Waals surface area contributed by atoms with Crippen LogP contribution in [-0.2, 0) is 16.2 Å². The van der Waals surface area contributed by atoms with E-state index < -0.39 is 44.1 Å². The highest BCUT2D eigenvalue weighted by atomic mass is 127. The molecule has 1 rings (SSSR count). The van der Waals surface area contributed by atoms with Crippen LogP contribution in [0.1, 0.15) is 0 Å². The number of rotatable bonds is 2. The van der Waals surface area contributed by atoms with Crippen LogP contribution in [0.5, 0.6) is 0 Å². The molecule has 0 fully saturated rings. The number of primary sulfonamides is 1. The van der Waals surface area contributed by atoms with Crippen LogP contribution in [0.2, 0.25) is 0 Å². The zero-order valence-corrected chi connectivity index (χ0v) is 9.58. The van der Waals surface area contributed by atoms with Gasteiger partial charge in [-0.1, -0.05) is 0 Å². The third kappa shape index (κ3) is 2.45. The van der Waals surface area contributed by atoms with E-state index in [0.29, 0.717) is 6.07 Å². The Kier molecular flexibility index (Phi) is 3.17. The van der Waals surface area contributed by atoms with Crippen LogP contribution >= 0.6 is 19.8 Å². The molecule has 0 unspecified atom stereocenters. The normalized spacial score (nSPS) is 11.9. The fourth-order valence-electron chi connectivity index (χ4n) is 0.823. The minimum absolute atomic E-state index is 0.418. The maximum Gasteiger partial charge on any atom is 0.342 e. The van der Waals surface area contributed by atoms with Crippen LogP contribution in [0, 0.1) is 9.39 Å². The van der Waals surface area contributed by atoms with Crippen molar-refractivity contribution in [3.05, 3.63) is 27.6 Å². The average molecular weight is 333 g/mol. The Balaban J connectivity index is 3.62. The van der Waals surface area contributed by atoms with Gasteiger partial charge in [0.05, 0.1) is 3.57 Å². The van der Waals surface area contributed by atoms with Crippen molar-refractivity contribution in [3.8, 4) is 0 Å². The summed E-state index contributed by atoms with van der Waals surface area (Å²) in [4.78, 5) is -0.687. The quantitative estimate of drug-likeness (QED) is 0.812. The van der Waals surface area contributed by atoms with Gasteiger partial charge >= 0.3 is 19.8 Å². The fourth-order valence-corrected chi connectivity index (χ4v) is 3.85. The summed E-state index contributed by atoms with van der Waals surface area (Å²) in [7, 11) is -4.20. The molecule has 0 saturated carbocycles. The molecule has 8 heteroatoms. The SMILES string of the molecule is NS(=O)(=O)c1cc(F)ccc1I(=O)=O. The molecular formula is C6H5FINO4S. The van der Waals surface area contributed by atoms with Gasteiger partial charge in [0.1, 0.15) is 10.7 Å². The maximum absolute atomic E-state index is 12.6. The van der Waals surface area contributed by atoms with Gasteiger partial charge in [0.15, 0.2) is 0 Å². The second kappa shape index (κ2) is 3.87. The molecule has 0 aromatic heterocycles. The molecular weight excluding hydrogens is 328 g/mol. The van der Waals surface area contributed by atoms with Gasteiger partial charge in [0.2, 0.25) is 10.0 Å². The Bertz CT molecular complexity index is 529. The molecule has 0 amide bonds. The molecule has 0 heterocycles. The molecule has 1 aromatic carbocycles. The van der Waals surface area contributed by atoms with Crippen molar-refractivity contribution in [2.24, 2.45) is 5.14 Å². The van der Waals surface area contributed by atoms with E-state index in [9.17, 15) is 18.9 Å². The van der Waals surface area contributed by atoms with Crippen LogP contribution in [0.4, 0.5) is 4.39 Å². The molecule has 5 nitrogen and oxygen atoms in total. The summed E-state index contributed by atoms with van der Waals surface area (Å²) in [5.41, 5.74) is 0. The molecule has 0 aliphatic rings. The lowest BCUT2D eigenvalue weighted by Gasteiger charge is -1.99. The number of benzene rings is 1. The minimum atomic E-state index is -4.20. The Morgan fingerprint density at radius 1 is 1.29 bits per heavy atom. The van der Waals surface area contributed by atoms with Gasteiger partial charge in [0.25, 0.3) is 0 Å². The van der Waals surface area contributed by atoms with E-state index in [1.165, 1.54) is 0 Å². The molecule has 78 valence electrons. The summed E-state index contributed by atoms with van der Waals surface area (Å²) in [5.74, 6) is -0.851. The van der Waals surface area contributed by atoms with Crippen molar-refractivity contribution in [2.75, 3.05) is 0 Å². The lowest BCUT2D eigenvalue weighted by atomic mass is 10.3. The second-order valence-corrected chi connectivity index (χ2v) is 6.27. The van der Waals surface area contributed by atoms with E-state index in [4.69, 9.17) is 5.14 Å².